The molecule has 0 bridgehead atoms. The molecule has 1 fully saturated rings. The maximum atomic E-state index is 11.9. The molecule has 2 atom stereocenters. The Labute approximate surface area is 114 Å². The van der Waals surface area contributed by atoms with E-state index in [0.717, 1.165) is 32.3 Å². The predicted molar refractivity (Wildman–Crippen MR) is 71.1 cm³/mol. The maximum Gasteiger partial charge on any atom is 0.326 e. The van der Waals surface area contributed by atoms with Crippen molar-refractivity contribution in [3.05, 3.63) is 0 Å². The molecule has 0 aromatic heterocycles. The van der Waals surface area contributed by atoms with Gasteiger partial charge in [-0.15, -0.1) is 0 Å². The molecule has 1 rings (SSSR count). The van der Waals surface area contributed by atoms with Crippen molar-refractivity contribution in [3.63, 3.8) is 0 Å². The Morgan fingerprint density at radius 2 is 2.26 bits per heavy atom. The van der Waals surface area contributed by atoms with E-state index in [1.807, 2.05) is 6.92 Å². The molecule has 1 aliphatic rings. The molecule has 1 aliphatic heterocycles. The highest BCUT2D eigenvalue weighted by molar-refractivity contribution is 5.82. The average Bonchev–Trinajstić information content (AvgIpc) is 2.86. The van der Waals surface area contributed by atoms with Gasteiger partial charge in [-0.2, -0.15) is 0 Å². The summed E-state index contributed by atoms with van der Waals surface area (Å²) in [5.74, 6) is -0.979. The maximum absolute atomic E-state index is 11.9. The molecule has 2 N–H and O–H groups in total. The average molecular weight is 272 g/mol. The Bertz CT molecular complexity index is 303. The van der Waals surface area contributed by atoms with Gasteiger partial charge in [0.2, 0.25) is 0 Å². The molecule has 1 saturated heterocycles. The van der Waals surface area contributed by atoms with E-state index < -0.39 is 12.0 Å². The zero-order valence-electron chi connectivity index (χ0n) is 11.7. The van der Waals surface area contributed by atoms with Gasteiger partial charge in [0.05, 0.1) is 6.10 Å². The lowest BCUT2D eigenvalue weighted by molar-refractivity contribution is -0.139. The van der Waals surface area contributed by atoms with E-state index in [0.29, 0.717) is 13.0 Å². The highest BCUT2D eigenvalue weighted by atomic mass is 16.5. The molecular weight excluding hydrogens is 248 g/mol. The van der Waals surface area contributed by atoms with Crippen LogP contribution in [0.2, 0.25) is 0 Å². The number of carboxylic acids is 1. The van der Waals surface area contributed by atoms with Crippen LogP contribution in [0.4, 0.5) is 4.79 Å². The molecule has 0 radical (unpaired) electrons. The van der Waals surface area contributed by atoms with Crippen LogP contribution >= 0.6 is 0 Å². The Morgan fingerprint density at radius 1 is 1.53 bits per heavy atom. The Kier molecular flexibility index (Phi) is 6.62. The van der Waals surface area contributed by atoms with Crippen molar-refractivity contribution in [2.45, 2.75) is 51.2 Å². The third-order valence-electron chi connectivity index (χ3n) is 3.29. The fourth-order valence-electron chi connectivity index (χ4n) is 2.10. The standard InChI is InChI=1S/C13H24N2O4/c1-3-4-7-11(12(16)17)14-13(18)15(2)9-10-6-5-8-19-10/h10-11H,3-9H2,1-2H3,(H,14,18)(H,16,17). The number of nitrogens with zero attached hydrogens (tertiary/aromatic N) is 1. The van der Waals surface area contributed by atoms with Crippen LogP contribution in [0.1, 0.15) is 39.0 Å². The Balaban J connectivity index is 2.38. The normalized spacial score (nSPS) is 20.0. The van der Waals surface area contributed by atoms with Gasteiger partial charge in [0, 0.05) is 20.2 Å². The molecule has 2 unspecified atom stereocenters. The largest absolute Gasteiger partial charge is 0.480 e. The van der Waals surface area contributed by atoms with E-state index in [-0.39, 0.29) is 12.1 Å². The number of unbranched alkanes of at least 4 members (excludes halogenated alkanes) is 1. The smallest absolute Gasteiger partial charge is 0.326 e. The van der Waals surface area contributed by atoms with Gasteiger partial charge in [-0.1, -0.05) is 19.8 Å². The number of hydrogen-bond donors (Lipinski definition) is 2. The summed E-state index contributed by atoms with van der Waals surface area (Å²) < 4.78 is 5.45. The van der Waals surface area contributed by atoms with Gasteiger partial charge in [-0.25, -0.2) is 9.59 Å². The van der Waals surface area contributed by atoms with E-state index >= 15 is 0 Å². The number of urea groups is 1. The fourth-order valence-corrected chi connectivity index (χ4v) is 2.10. The van der Waals surface area contributed by atoms with Gasteiger partial charge in [0.25, 0.3) is 0 Å². The second-order valence-electron chi connectivity index (χ2n) is 5.00. The van der Waals surface area contributed by atoms with E-state index in [9.17, 15) is 9.59 Å². The van der Waals surface area contributed by atoms with E-state index in [1.165, 1.54) is 4.90 Å². The first-order valence-corrected chi connectivity index (χ1v) is 6.90. The van der Waals surface area contributed by atoms with E-state index in [4.69, 9.17) is 9.84 Å². The number of carbonyl (C=O) groups is 2. The summed E-state index contributed by atoms with van der Waals surface area (Å²) in [5, 5.41) is 11.6. The highest BCUT2D eigenvalue weighted by Crippen LogP contribution is 2.12. The number of nitrogens with one attached hydrogen (secondary N) is 1. The topological polar surface area (TPSA) is 78.9 Å². The monoisotopic (exact) mass is 272 g/mol. The molecule has 6 heteroatoms. The van der Waals surface area contributed by atoms with E-state index in [1.54, 1.807) is 7.05 Å². The first-order valence-electron chi connectivity index (χ1n) is 6.90. The Morgan fingerprint density at radius 3 is 2.79 bits per heavy atom. The van der Waals surface area contributed by atoms with Gasteiger partial charge in [-0.3, -0.25) is 0 Å². The highest BCUT2D eigenvalue weighted by Gasteiger charge is 2.24. The van der Waals surface area contributed by atoms with Crippen molar-refractivity contribution in [2.75, 3.05) is 20.2 Å². The number of hydrogen-bond acceptors (Lipinski definition) is 3. The van der Waals surface area contributed by atoms with Crippen LogP contribution < -0.4 is 5.32 Å². The van der Waals surface area contributed by atoms with Gasteiger partial charge in [-0.05, 0) is 19.3 Å². The second-order valence-corrected chi connectivity index (χ2v) is 5.00. The third kappa shape index (κ3) is 5.46. The lowest BCUT2D eigenvalue weighted by Crippen LogP contribution is -2.48. The fraction of sp³-hybridized carbons (Fsp3) is 0.846. The Hall–Kier alpha value is -1.30. The second kappa shape index (κ2) is 7.99. The zero-order valence-corrected chi connectivity index (χ0v) is 11.7. The van der Waals surface area contributed by atoms with Crippen LogP contribution in [-0.2, 0) is 9.53 Å². The summed E-state index contributed by atoms with van der Waals surface area (Å²) in [6.07, 6.45) is 4.21. The molecule has 110 valence electrons. The van der Waals surface area contributed by atoms with E-state index in [2.05, 4.69) is 5.32 Å². The van der Waals surface area contributed by atoms with Gasteiger partial charge in [0.15, 0.2) is 0 Å². The molecule has 0 aliphatic carbocycles. The van der Waals surface area contributed by atoms with Crippen LogP contribution in [0.25, 0.3) is 0 Å². The first-order chi connectivity index (χ1) is 9.04. The molecule has 1 heterocycles. The number of carboxylic acid groups (broad SMARTS) is 1. The number of aliphatic carboxylic acids is 1. The molecule has 6 nitrogen and oxygen atoms in total. The molecular formula is C13H24N2O4. The summed E-state index contributed by atoms with van der Waals surface area (Å²) in [6.45, 7) is 3.24. The van der Waals surface area contributed by atoms with Crippen molar-refractivity contribution in [3.8, 4) is 0 Å². The summed E-state index contributed by atoms with van der Waals surface area (Å²) >= 11 is 0. The van der Waals surface area contributed by atoms with Gasteiger partial charge in [0.1, 0.15) is 6.04 Å². The van der Waals surface area contributed by atoms with Crippen LogP contribution in [0.5, 0.6) is 0 Å². The number of carbonyl (C=O) groups excluding carboxylic acids is 1. The molecule has 19 heavy (non-hydrogen) atoms. The first kappa shape index (κ1) is 15.8. The van der Waals surface area contributed by atoms with Crippen LogP contribution in [0.3, 0.4) is 0 Å². The van der Waals surface area contributed by atoms with Gasteiger partial charge < -0.3 is 20.1 Å². The molecule has 0 saturated carbocycles. The number of amides is 2. The minimum absolute atomic E-state index is 0.0784. The lowest BCUT2D eigenvalue weighted by Gasteiger charge is -2.23. The van der Waals surface area contributed by atoms with Crippen LogP contribution in [-0.4, -0.2) is 54.4 Å². The third-order valence-corrected chi connectivity index (χ3v) is 3.29. The summed E-state index contributed by atoms with van der Waals surface area (Å²) in [7, 11) is 1.66. The number of likely N-dealkylation sites (N-methyl/N-ethyl adjacent to an activating group) is 1. The number of rotatable bonds is 7. The van der Waals surface area contributed by atoms with Crippen molar-refractivity contribution in [1.82, 2.24) is 10.2 Å². The summed E-state index contributed by atoms with van der Waals surface area (Å²) in [6, 6.07) is -1.15. The van der Waals surface area contributed by atoms with Crippen molar-refractivity contribution >= 4 is 12.0 Å². The van der Waals surface area contributed by atoms with Crippen molar-refractivity contribution < 1.29 is 19.4 Å². The quantitative estimate of drug-likeness (QED) is 0.735. The minimum Gasteiger partial charge on any atom is -0.480 e. The lowest BCUT2D eigenvalue weighted by atomic mass is 10.1. The van der Waals surface area contributed by atoms with Crippen LogP contribution in [0.15, 0.2) is 0 Å². The predicted octanol–water partition coefficient (Wildman–Crippen LogP) is 1.45. The number of ether oxygens (including phenoxy) is 1. The molecule has 2 amide bonds. The molecule has 0 aromatic rings. The van der Waals surface area contributed by atoms with Crippen molar-refractivity contribution in [1.29, 1.82) is 0 Å². The van der Waals surface area contributed by atoms with Crippen molar-refractivity contribution in [2.24, 2.45) is 0 Å². The molecule has 0 spiro atoms. The minimum atomic E-state index is -0.979. The molecule has 0 aromatic carbocycles. The SMILES string of the molecule is CCCCC(NC(=O)N(C)CC1CCCO1)C(=O)O. The van der Waals surface area contributed by atoms with Gasteiger partial charge >= 0.3 is 12.0 Å². The zero-order chi connectivity index (χ0) is 14.3. The summed E-state index contributed by atoms with van der Waals surface area (Å²) in [4.78, 5) is 24.5. The summed E-state index contributed by atoms with van der Waals surface area (Å²) in [5.41, 5.74) is 0. The van der Waals surface area contributed by atoms with Crippen LogP contribution in [0, 0.1) is 0 Å².